The minimum absolute atomic E-state index is 1.05. The molecule has 9 aromatic carbocycles. The predicted molar refractivity (Wildman–Crippen MR) is 222 cm³/mol. The zero-order valence-electron chi connectivity index (χ0n) is 28.5. The average Bonchev–Trinajstić information content (AvgIpc) is 3.55. The summed E-state index contributed by atoms with van der Waals surface area (Å²) in [6, 6.07) is 72.1. The Labute approximate surface area is 302 Å². The van der Waals surface area contributed by atoms with Crippen molar-refractivity contribution in [2.45, 2.75) is 0 Å². The van der Waals surface area contributed by atoms with Crippen molar-refractivity contribution >= 4 is 54.7 Å². The van der Waals surface area contributed by atoms with Gasteiger partial charge in [0.2, 0.25) is 0 Å². The quantitative estimate of drug-likeness (QED) is 0.175. The summed E-state index contributed by atoms with van der Waals surface area (Å²) in [5.74, 6) is 0. The van der Waals surface area contributed by atoms with E-state index in [2.05, 4.69) is 210 Å². The molecule has 0 atom stereocenters. The standard InChI is InChI=1S/C50H34N2/c1-2-14-35(15-3-1)49-42-19-4-6-21-44(42)50(45-22-7-5-20-43(45)49)36-26-30-37(31-27-36)51-46-23-11-8-16-39(46)34-28-32-38(33-29-34)52-47-24-12-9-17-40(47)41-18-10-13-25-48(41)52/h1-33,51H. The van der Waals surface area contributed by atoms with Gasteiger partial charge in [0.1, 0.15) is 0 Å². The summed E-state index contributed by atoms with van der Waals surface area (Å²) in [6.07, 6.45) is 0. The SMILES string of the molecule is c1ccc(-c2c3ccccc3c(-c3ccc(Nc4ccccc4-c4ccc(-n5c6ccccc6c6ccccc65)cc4)cc3)c3ccccc23)cc1. The predicted octanol–water partition coefficient (Wildman–Crippen LogP) is 13.8. The number of fused-ring (bicyclic) bond motifs is 5. The Balaban J connectivity index is 1.000. The Morgan fingerprint density at radius 3 is 1.29 bits per heavy atom. The molecule has 0 bridgehead atoms. The molecule has 1 heterocycles. The van der Waals surface area contributed by atoms with Gasteiger partial charge in [-0.2, -0.15) is 0 Å². The number of rotatable bonds is 6. The van der Waals surface area contributed by atoms with Gasteiger partial charge in [0.05, 0.1) is 11.0 Å². The maximum absolute atomic E-state index is 3.74. The van der Waals surface area contributed by atoms with E-state index in [4.69, 9.17) is 0 Å². The monoisotopic (exact) mass is 662 g/mol. The van der Waals surface area contributed by atoms with Crippen molar-refractivity contribution in [1.82, 2.24) is 4.57 Å². The molecule has 2 nitrogen and oxygen atoms in total. The van der Waals surface area contributed by atoms with Crippen molar-refractivity contribution in [3.63, 3.8) is 0 Å². The Kier molecular flexibility index (Phi) is 7.18. The van der Waals surface area contributed by atoms with E-state index in [1.807, 2.05) is 0 Å². The Morgan fingerprint density at radius 2 is 0.731 bits per heavy atom. The fourth-order valence-corrected chi connectivity index (χ4v) is 8.07. The Hall–Kier alpha value is -6.90. The minimum atomic E-state index is 1.05. The van der Waals surface area contributed by atoms with Crippen molar-refractivity contribution in [1.29, 1.82) is 0 Å². The first-order chi connectivity index (χ1) is 25.8. The molecule has 0 amide bonds. The van der Waals surface area contributed by atoms with Crippen LogP contribution < -0.4 is 5.32 Å². The third kappa shape index (κ3) is 4.96. The lowest BCUT2D eigenvalue weighted by Crippen LogP contribution is -1.95. The molecule has 0 aliphatic carbocycles. The van der Waals surface area contributed by atoms with Gasteiger partial charge in [-0.05, 0) is 91.8 Å². The maximum atomic E-state index is 3.74. The second-order valence-corrected chi connectivity index (χ2v) is 13.4. The van der Waals surface area contributed by atoms with E-state index in [9.17, 15) is 0 Å². The molecule has 1 aromatic heterocycles. The van der Waals surface area contributed by atoms with E-state index in [0.29, 0.717) is 0 Å². The normalized spacial score (nSPS) is 11.5. The summed E-state index contributed by atoms with van der Waals surface area (Å²) in [5, 5.41) is 11.3. The van der Waals surface area contributed by atoms with E-state index in [0.717, 1.165) is 22.6 Å². The van der Waals surface area contributed by atoms with Gasteiger partial charge < -0.3 is 9.88 Å². The van der Waals surface area contributed by atoms with Crippen LogP contribution in [0.15, 0.2) is 200 Å². The number of aromatic nitrogens is 1. The topological polar surface area (TPSA) is 17.0 Å². The molecule has 0 saturated heterocycles. The highest BCUT2D eigenvalue weighted by Gasteiger charge is 2.17. The molecule has 0 aliphatic heterocycles. The zero-order valence-corrected chi connectivity index (χ0v) is 28.5. The van der Waals surface area contributed by atoms with E-state index in [1.54, 1.807) is 0 Å². The van der Waals surface area contributed by atoms with Crippen molar-refractivity contribution in [2.75, 3.05) is 5.32 Å². The summed E-state index contributed by atoms with van der Waals surface area (Å²) in [4.78, 5) is 0. The third-order valence-electron chi connectivity index (χ3n) is 10.4. The molecule has 0 fully saturated rings. The highest BCUT2D eigenvalue weighted by atomic mass is 15.0. The van der Waals surface area contributed by atoms with Crippen LogP contribution >= 0.6 is 0 Å². The van der Waals surface area contributed by atoms with Crippen LogP contribution in [0.1, 0.15) is 0 Å². The van der Waals surface area contributed by atoms with Gasteiger partial charge in [-0.15, -0.1) is 0 Å². The first-order valence-corrected chi connectivity index (χ1v) is 17.9. The van der Waals surface area contributed by atoms with Gasteiger partial charge in [-0.25, -0.2) is 0 Å². The van der Waals surface area contributed by atoms with Crippen molar-refractivity contribution in [3.05, 3.63) is 200 Å². The van der Waals surface area contributed by atoms with Crippen LogP contribution in [-0.4, -0.2) is 4.57 Å². The molecule has 244 valence electrons. The average molecular weight is 663 g/mol. The number of anilines is 2. The van der Waals surface area contributed by atoms with Gasteiger partial charge in [0, 0.05) is 33.4 Å². The summed E-state index contributed by atoms with van der Waals surface area (Å²) < 4.78 is 2.36. The van der Waals surface area contributed by atoms with Crippen molar-refractivity contribution in [3.8, 4) is 39.1 Å². The van der Waals surface area contributed by atoms with Crippen LogP contribution in [-0.2, 0) is 0 Å². The molecule has 0 spiro atoms. The second-order valence-electron chi connectivity index (χ2n) is 13.4. The first kappa shape index (κ1) is 30.0. The van der Waals surface area contributed by atoms with Crippen molar-refractivity contribution in [2.24, 2.45) is 0 Å². The van der Waals surface area contributed by atoms with Crippen LogP contribution in [0.5, 0.6) is 0 Å². The van der Waals surface area contributed by atoms with Crippen LogP contribution in [0.25, 0.3) is 82.4 Å². The molecular formula is C50H34N2. The fraction of sp³-hybridized carbons (Fsp3) is 0. The fourth-order valence-electron chi connectivity index (χ4n) is 8.07. The Morgan fingerprint density at radius 1 is 0.308 bits per heavy atom. The molecule has 10 aromatic rings. The lowest BCUT2D eigenvalue weighted by molar-refractivity contribution is 1.18. The van der Waals surface area contributed by atoms with Gasteiger partial charge in [0.15, 0.2) is 0 Å². The first-order valence-electron chi connectivity index (χ1n) is 17.9. The highest BCUT2D eigenvalue weighted by molar-refractivity contribution is 6.21. The van der Waals surface area contributed by atoms with E-state index >= 15 is 0 Å². The van der Waals surface area contributed by atoms with Gasteiger partial charge in [0.25, 0.3) is 0 Å². The van der Waals surface area contributed by atoms with Gasteiger partial charge >= 0.3 is 0 Å². The van der Waals surface area contributed by atoms with Crippen LogP contribution in [0.3, 0.4) is 0 Å². The molecule has 2 heteroatoms. The number of para-hydroxylation sites is 3. The zero-order chi connectivity index (χ0) is 34.4. The number of nitrogens with one attached hydrogen (secondary N) is 1. The molecule has 10 rings (SSSR count). The smallest absolute Gasteiger partial charge is 0.0541 e. The maximum Gasteiger partial charge on any atom is 0.0541 e. The number of benzene rings is 9. The summed E-state index contributed by atoms with van der Waals surface area (Å²) in [6.45, 7) is 0. The molecule has 52 heavy (non-hydrogen) atoms. The van der Waals surface area contributed by atoms with Crippen molar-refractivity contribution < 1.29 is 0 Å². The van der Waals surface area contributed by atoms with E-state index < -0.39 is 0 Å². The molecule has 0 unspecified atom stereocenters. The molecule has 0 saturated carbocycles. The largest absolute Gasteiger partial charge is 0.355 e. The molecule has 0 aliphatic rings. The number of hydrogen-bond donors (Lipinski definition) is 1. The van der Waals surface area contributed by atoms with E-state index in [1.165, 1.54) is 71.2 Å². The van der Waals surface area contributed by atoms with Gasteiger partial charge in [-0.3, -0.25) is 0 Å². The molecule has 0 radical (unpaired) electrons. The van der Waals surface area contributed by atoms with Crippen LogP contribution in [0, 0.1) is 0 Å². The molecular weight excluding hydrogens is 629 g/mol. The summed E-state index contributed by atoms with van der Waals surface area (Å²) >= 11 is 0. The lowest BCUT2D eigenvalue weighted by atomic mass is 9.86. The number of hydrogen-bond acceptors (Lipinski definition) is 1. The van der Waals surface area contributed by atoms with Crippen LogP contribution in [0.4, 0.5) is 11.4 Å². The second kappa shape index (κ2) is 12.5. The Bertz CT molecular complexity index is 2790. The van der Waals surface area contributed by atoms with E-state index in [-0.39, 0.29) is 0 Å². The highest BCUT2D eigenvalue weighted by Crippen LogP contribution is 2.44. The number of nitrogens with zero attached hydrogens (tertiary/aromatic N) is 1. The summed E-state index contributed by atoms with van der Waals surface area (Å²) in [7, 11) is 0. The molecule has 1 N–H and O–H groups in total. The van der Waals surface area contributed by atoms with Crippen LogP contribution in [0.2, 0.25) is 0 Å². The lowest BCUT2D eigenvalue weighted by Gasteiger charge is -2.18. The third-order valence-corrected chi connectivity index (χ3v) is 10.4. The summed E-state index contributed by atoms with van der Waals surface area (Å²) in [5.41, 5.74) is 13.0. The minimum Gasteiger partial charge on any atom is -0.355 e. The van der Waals surface area contributed by atoms with Gasteiger partial charge in [-0.1, -0.05) is 158 Å².